The Labute approximate surface area is 92.0 Å². The van der Waals surface area contributed by atoms with E-state index in [1.165, 1.54) is 0 Å². The van der Waals surface area contributed by atoms with Crippen LogP contribution in [0.4, 0.5) is 4.79 Å². The van der Waals surface area contributed by atoms with Gasteiger partial charge < -0.3 is 15.2 Å². The summed E-state index contributed by atoms with van der Waals surface area (Å²) in [5.41, 5.74) is 0.940. The molecule has 0 bridgehead atoms. The van der Waals surface area contributed by atoms with Gasteiger partial charge in [-0.25, -0.2) is 9.59 Å². The van der Waals surface area contributed by atoms with E-state index in [0.717, 1.165) is 5.56 Å². The summed E-state index contributed by atoms with van der Waals surface area (Å²) in [7, 11) is 0. The highest BCUT2D eigenvalue weighted by molar-refractivity contribution is 5.83. The summed E-state index contributed by atoms with van der Waals surface area (Å²) in [5.74, 6) is -1.08. The number of benzene rings is 1. The zero-order valence-electron chi connectivity index (χ0n) is 8.42. The Balaban J connectivity index is 2.09. The second-order valence-electron chi connectivity index (χ2n) is 3.59. The molecule has 2 rings (SSSR count). The van der Waals surface area contributed by atoms with Crippen LogP contribution in [0.5, 0.6) is 0 Å². The fraction of sp³-hybridized carbons (Fsp3) is 0.273. The van der Waals surface area contributed by atoms with E-state index in [-0.39, 0.29) is 0 Å². The Morgan fingerprint density at radius 2 is 2.06 bits per heavy atom. The summed E-state index contributed by atoms with van der Waals surface area (Å²) in [6.07, 6.45) is -0.919. The highest BCUT2D eigenvalue weighted by Crippen LogP contribution is 2.15. The maximum atomic E-state index is 11.0. The standard InChI is InChI=1S/C11H11NO4/c13-10(14)9-8(16-11(15)12-9)6-7-4-2-1-3-5-7/h1-5,8-9H,6H2,(H,12,15)(H,13,14). The Morgan fingerprint density at radius 3 is 2.69 bits per heavy atom. The van der Waals surface area contributed by atoms with Gasteiger partial charge in [0.1, 0.15) is 6.10 Å². The first-order chi connectivity index (χ1) is 7.66. The van der Waals surface area contributed by atoms with Crippen LogP contribution in [0.25, 0.3) is 0 Å². The normalized spacial score (nSPS) is 23.6. The van der Waals surface area contributed by atoms with Gasteiger partial charge in [-0.15, -0.1) is 0 Å². The molecular formula is C11H11NO4. The van der Waals surface area contributed by atoms with E-state index in [9.17, 15) is 9.59 Å². The quantitative estimate of drug-likeness (QED) is 0.791. The van der Waals surface area contributed by atoms with Crippen LogP contribution in [0, 0.1) is 0 Å². The van der Waals surface area contributed by atoms with Crippen molar-refractivity contribution in [2.24, 2.45) is 0 Å². The minimum absolute atomic E-state index is 0.399. The molecule has 2 N–H and O–H groups in total. The molecule has 1 aliphatic heterocycles. The molecule has 0 spiro atoms. The third-order valence-electron chi connectivity index (χ3n) is 2.45. The number of carboxylic acid groups (broad SMARTS) is 1. The van der Waals surface area contributed by atoms with Gasteiger partial charge in [-0.1, -0.05) is 30.3 Å². The minimum Gasteiger partial charge on any atom is -0.480 e. The number of carboxylic acids is 1. The summed E-state index contributed by atoms with van der Waals surface area (Å²) in [4.78, 5) is 21.8. The number of rotatable bonds is 3. The summed E-state index contributed by atoms with van der Waals surface area (Å²) in [5, 5.41) is 11.1. The van der Waals surface area contributed by atoms with Crippen LogP contribution in [0.1, 0.15) is 5.56 Å². The number of cyclic esters (lactones) is 1. The minimum atomic E-state index is -1.08. The van der Waals surface area contributed by atoms with Gasteiger partial charge in [0.2, 0.25) is 0 Å². The number of nitrogens with one attached hydrogen (secondary N) is 1. The van der Waals surface area contributed by atoms with Gasteiger partial charge in [0.25, 0.3) is 0 Å². The number of hydrogen-bond donors (Lipinski definition) is 2. The SMILES string of the molecule is O=C1NC(C(=O)O)C(Cc2ccccc2)O1. The topological polar surface area (TPSA) is 75.6 Å². The first kappa shape index (κ1) is 10.5. The zero-order valence-corrected chi connectivity index (χ0v) is 8.42. The Kier molecular flexibility index (Phi) is 2.76. The van der Waals surface area contributed by atoms with E-state index < -0.39 is 24.2 Å². The van der Waals surface area contributed by atoms with Crippen LogP contribution in [0.2, 0.25) is 0 Å². The van der Waals surface area contributed by atoms with Gasteiger partial charge >= 0.3 is 12.1 Å². The fourth-order valence-corrected chi connectivity index (χ4v) is 1.69. The molecule has 1 aromatic rings. The van der Waals surface area contributed by atoms with Crippen molar-refractivity contribution < 1.29 is 19.4 Å². The number of carbonyl (C=O) groups excluding carboxylic acids is 1. The smallest absolute Gasteiger partial charge is 0.408 e. The van der Waals surface area contributed by atoms with E-state index in [2.05, 4.69) is 5.32 Å². The van der Waals surface area contributed by atoms with Crippen LogP contribution in [-0.4, -0.2) is 29.3 Å². The molecular weight excluding hydrogens is 210 g/mol. The molecule has 0 aliphatic carbocycles. The van der Waals surface area contributed by atoms with Crippen molar-refractivity contribution in [3.05, 3.63) is 35.9 Å². The summed E-state index contributed by atoms with van der Waals surface area (Å²) < 4.78 is 4.91. The molecule has 1 saturated heterocycles. The second kappa shape index (κ2) is 4.22. The van der Waals surface area contributed by atoms with E-state index in [4.69, 9.17) is 9.84 Å². The summed E-state index contributed by atoms with van der Waals surface area (Å²) in [6, 6.07) is 8.35. The van der Waals surface area contributed by atoms with Crippen molar-refractivity contribution in [1.82, 2.24) is 5.32 Å². The van der Waals surface area contributed by atoms with Crippen molar-refractivity contribution in [2.45, 2.75) is 18.6 Å². The summed E-state index contributed by atoms with van der Waals surface area (Å²) >= 11 is 0. The number of amides is 1. The first-order valence-corrected chi connectivity index (χ1v) is 4.90. The van der Waals surface area contributed by atoms with Crippen molar-refractivity contribution >= 4 is 12.1 Å². The highest BCUT2D eigenvalue weighted by Gasteiger charge is 2.39. The zero-order chi connectivity index (χ0) is 11.5. The number of aliphatic carboxylic acids is 1. The molecule has 16 heavy (non-hydrogen) atoms. The molecule has 0 radical (unpaired) electrons. The predicted octanol–water partition coefficient (Wildman–Crippen LogP) is 0.791. The van der Waals surface area contributed by atoms with Crippen LogP contribution in [-0.2, 0) is 16.0 Å². The third kappa shape index (κ3) is 2.13. The highest BCUT2D eigenvalue weighted by atomic mass is 16.6. The molecule has 84 valence electrons. The molecule has 5 nitrogen and oxygen atoms in total. The largest absolute Gasteiger partial charge is 0.480 e. The van der Waals surface area contributed by atoms with Crippen LogP contribution < -0.4 is 5.32 Å². The Bertz CT molecular complexity index is 404. The lowest BCUT2D eigenvalue weighted by Crippen LogP contribution is -2.40. The van der Waals surface area contributed by atoms with Gasteiger partial charge in [-0.05, 0) is 5.56 Å². The van der Waals surface area contributed by atoms with Gasteiger partial charge in [-0.3, -0.25) is 0 Å². The van der Waals surface area contributed by atoms with Crippen molar-refractivity contribution in [1.29, 1.82) is 0 Å². The van der Waals surface area contributed by atoms with E-state index >= 15 is 0 Å². The van der Waals surface area contributed by atoms with Gasteiger partial charge in [0.15, 0.2) is 6.04 Å². The number of hydrogen-bond acceptors (Lipinski definition) is 3. The number of alkyl carbamates (subject to hydrolysis) is 1. The van der Waals surface area contributed by atoms with E-state index in [0.29, 0.717) is 6.42 Å². The summed E-state index contributed by atoms with van der Waals surface area (Å²) in [6.45, 7) is 0. The Hall–Kier alpha value is -2.04. The average Bonchev–Trinajstić information content (AvgIpc) is 2.61. The third-order valence-corrected chi connectivity index (χ3v) is 2.45. The van der Waals surface area contributed by atoms with Gasteiger partial charge in [0, 0.05) is 6.42 Å². The predicted molar refractivity (Wildman–Crippen MR) is 55.0 cm³/mol. The molecule has 1 aliphatic rings. The molecule has 0 saturated carbocycles. The van der Waals surface area contributed by atoms with Crippen LogP contribution in [0.15, 0.2) is 30.3 Å². The van der Waals surface area contributed by atoms with E-state index in [1.807, 2.05) is 30.3 Å². The molecule has 1 aromatic carbocycles. The average molecular weight is 221 g/mol. The van der Waals surface area contributed by atoms with Crippen LogP contribution >= 0.6 is 0 Å². The molecule has 0 aromatic heterocycles. The fourth-order valence-electron chi connectivity index (χ4n) is 1.69. The molecule has 1 heterocycles. The van der Waals surface area contributed by atoms with Gasteiger partial charge in [0.05, 0.1) is 0 Å². The maximum Gasteiger partial charge on any atom is 0.408 e. The Morgan fingerprint density at radius 1 is 1.38 bits per heavy atom. The monoisotopic (exact) mass is 221 g/mol. The lowest BCUT2D eigenvalue weighted by Gasteiger charge is -2.12. The molecule has 5 heteroatoms. The molecule has 1 fully saturated rings. The second-order valence-corrected chi connectivity index (χ2v) is 3.59. The lowest BCUT2D eigenvalue weighted by molar-refractivity contribution is -0.140. The lowest BCUT2D eigenvalue weighted by atomic mass is 10.0. The molecule has 2 unspecified atom stereocenters. The number of ether oxygens (including phenoxy) is 1. The first-order valence-electron chi connectivity index (χ1n) is 4.90. The van der Waals surface area contributed by atoms with Gasteiger partial charge in [-0.2, -0.15) is 0 Å². The molecule has 1 amide bonds. The van der Waals surface area contributed by atoms with Crippen molar-refractivity contribution in [2.75, 3.05) is 0 Å². The van der Waals surface area contributed by atoms with Crippen molar-refractivity contribution in [3.63, 3.8) is 0 Å². The van der Waals surface area contributed by atoms with Crippen molar-refractivity contribution in [3.8, 4) is 0 Å². The van der Waals surface area contributed by atoms with E-state index in [1.54, 1.807) is 0 Å². The molecule has 2 atom stereocenters. The maximum absolute atomic E-state index is 11.0. The number of carbonyl (C=O) groups is 2. The van der Waals surface area contributed by atoms with Crippen LogP contribution in [0.3, 0.4) is 0 Å².